The Labute approximate surface area is 114 Å². The summed E-state index contributed by atoms with van der Waals surface area (Å²) in [4.78, 5) is 16.7. The zero-order valence-electron chi connectivity index (χ0n) is 12.1. The molecule has 0 unspecified atom stereocenters. The van der Waals surface area contributed by atoms with E-state index in [1.54, 1.807) is 0 Å². The van der Waals surface area contributed by atoms with E-state index in [2.05, 4.69) is 37.1 Å². The van der Waals surface area contributed by atoms with Crippen LogP contribution in [-0.2, 0) is 0 Å². The van der Waals surface area contributed by atoms with E-state index in [1.807, 2.05) is 14.1 Å². The number of anilines is 2. The van der Waals surface area contributed by atoms with Gasteiger partial charge in [0.1, 0.15) is 0 Å². The molecule has 1 aromatic rings. The molecule has 0 saturated carbocycles. The lowest BCUT2D eigenvalue weighted by Crippen LogP contribution is -2.34. The maximum Gasteiger partial charge on any atom is 0.322 e. The van der Waals surface area contributed by atoms with Gasteiger partial charge < -0.3 is 14.5 Å². The second kappa shape index (κ2) is 7.70. The summed E-state index contributed by atoms with van der Waals surface area (Å²) in [5.41, 5.74) is 2.42. The third-order valence-electron chi connectivity index (χ3n) is 2.51. The Kier molecular flexibility index (Phi) is 6.23. The van der Waals surface area contributed by atoms with E-state index in [-0.39, 0.29) is 6.01 Å². The first-order chi connectivity index (χ1) is 9.10. The Morgan fingerprint density at radius 2 is 1.89 bits per heavy atom. The molecule has 0 bridgehead atoms. The number of rotatable bonds is 8. The number of aromatic nitrogens is 3. The maximum absolute atomic E-state index is 5.35. The zero-order valence-corrected chi connectivity index (χ0v) is 12.1. The first-order valence-corrected chi connectivity index (χ1v) is 6.27. The van der Waals surface area contributed by atoms with Gasteiger partial charge in [0, 0.05) is 19.6 Å². The number of nitrogen functional groups attached to an aromatic ring is 1. The van der Waals surface area contributed by atoms with Gasteiger partial charge in [-0.2, -0.15) is 15.0 Å². The van der Waals surface area contributed by atoms with Crippen molar-refractivity contribution < 1.29 is 4.74 Å². The standard InChI is InChI=1S/C11H23N7O/c1-5-6-18(8-7-17(2)3)10-13-9(16-12)14-11(15-10)19-4/h5-8,12H2,1-4H3,(H,13,14,15,16). The summed E-state index contributed by atoms with van der Waals surface area (Å²) in [6.07, 6.45) is 1.01. The highest BCUT2D eigenvalue weighted by molar-refractivity contribution is 5.37. The number of hydrogen-bond donors (Lipinski definition) is 2. The molecule has 0 aliphatic rings. The molecule has 0 aliphatic carbocycles. The van der Waals surface area contributed by atoms with Crippen LogP contribution in [0.1, 0.15) is 13.3 Å². The smallest absolute Gasteiger partial charge is 0.322 e. The highest BCUT2D eigenvalue weighted by atomic mass is 16.5. The van der Waals surface area contributed by atoms with Crippen LogP contribution in [0.25, 0.3) is 0 Å². The molecule has 0 spiro atoms. The molecule has 1 aromatic heterocycles. The Morgan fingerprint density at radius 1 is 1.16 bits per heavy atom. The van der Waals surface area contributed by atoms with Crippen LogP contribution >= 0.6 is 0 Å². The Bertz CT molecular complexity index is 363. The fraction of sp³-hybridized carbons (Fsp3) is 0.727. The van der Waals surface area contributed by atoms with Crippen molar-refractivity contribution in [3.63, 3.8) is 0 Å². The number of ether oxygens (including phenoxy) is 1. The van der Waals surface area contributed by atoms with Crippen LogP contribution in [0.4, 0.5) is 11.9 Å². The molecule has 8 nitrogen and oxygen atoms in total. The van der Waals surface area contributed by atoms with Crippen LogP contribution < -0.4 is 20.9 Å². The van der Waals surface area contributed by atoms with Crippen molar-refractivity contribution in [2.75, 3.05) is 51.2 Å². The summed E-state index contributed by atoms with van der Waals surface area (Å²) < 4.78 is 5.06. The fourth-order valence-electron chi connectivity index (χ4n) is 1.55. The van der Waals surface area contributed by atoms with Gasteiger partial charge in [-0.05, 0) is 20.5 Å². The molecule has 0 fully saturated rings. The van der Waals surface area contributed by atoms with Crippen molar-refractivity contribution >= 4 is 11.9 Å². The van der Waals surface area contributed by atoms with Crippen LogP contribution in [0.3, 0.4) is 0 Å². The van der Waals surface area contributed by atoms with E-state index in [0.29, 0.717) is 11.9 Å². The van der Waals surface area contributed by atoms with Crippen LogP contribution in [0.5, 0.6) is 6.01 Å². The van der Waals surface area contributed by atoms with Gasteiger partial charge in [0.15, 0.2) is 0 Å². The molecule has 19 heavy (non-hydrogen) atoms. The van der Waals surface area contributed by atoms with Crippen LogP contribution in [0.15, 0.2) is 0 Å². The Balaban J connectivity index is 2.92. The number of nitrogens with zero attached hydrogens (tertiary/aromatic N) is 5. The van der Waals surface area contributed by atoms with Gasteiger partial charge >= 0.3 is 6.01 Å². The summed E-state index contributed by atoms with van der Waals surface area (Å²) in [5, 5.41) is 0. The molecular weight excluding hydrogens is 246 g/mol. The van der Waals surface area contributed by atoms with E-state index in [1.165, 1.54) is 7.11 Å². The molecule has 0 saturated heterocycles. The third-order valence-corrected chi connectivity index (χ3v) is 2.51. The van der Waals surface area contributed by atoms with E-state index in [0.717, 1.165) is 26.1 Å². The maximum atomic E-state index is 5.35. The number of nitrogens with two attached hydrogens (primary N) is 1. The number of nitrogens with one attached hydrogen (secondary N) is 1. The molecule has 0 amide bonds. The SMILES string of the molecule is CCCN(CCN(C)C)c1nc(NN)nc(OC)n1. The lowest BCUT2D eigenvalue weighted by molar-refractivity contribution is 0.377. The van der Waals surface area contributed by atoms with Gasteiger partial charge in [-0.25, -0.2) is 5.84 Å². The normalized spacial score (nSPS) is 10.6. The zero-order chi connectivity index (χ0) is 14.3. The van der Waals surface area contributed by atoms with E-state index in [9.17, 15) is 0 Å². The lowest BCUT2D eigenvalue weighted by atomic mass is 10.4. The monoisotopic (exact) mass is 269 g/mol. The van der Waals surface area contributed by atoms with E-state index in [4.69, 9.17) is 10.6 Å². The topological polar surface area (TPSA) is 92.4 Å². The Hall–Kier alpha value is -1.67. The third kappa shape index (κ3) is 4.84. The summed E-state index contributed by atoms with van der Waals surface area (Å²) in [6, 6.07) is 0.254. The highest BCUT2D eigenvalue weighted by Crippen LogP contribution is 2.14. The average Bonchev–Trinajstić information content (AvgIpc) is 2.42. The quantitative estimate of drug-likeness (QED) is 0.501. The molecule has 1 heterocycles. The van der Waals surface area contributed by atoms with Gasteiger partial charge in [-0.3, -0.25) is 5.43 Å². The van der Waals surface area contributed by atoms with Crippen LogP contribution in [0.2, 0.25) is 0 Å². The van der Waals surface area contributed by atoms with Crippen LogP contribution in [0, 0.1) is 0 Å². The van der Waals surface area contributed by atoms with E-state index < -0.39 is 0 Å². The van der Waals surface area contributed by atoms with Gasteiger partial charge in [0.05, 0.1) is 7.11 Å². The molecule has 3 N–H and O–H groups in total. The minimum atomic E-state index is 0.254. The first kappa shape index (κ1) is 15.4. The molecular formula is C11H23N7O. The van der Waals surface area contributed by atoms with Gasteiger partial charge in [-0.1, -0.05) is 6.92 Å². The molecule has 1 rings (SSSR count). The van der Waals surface area contributed by atoms with E-state index >= 15 is 0 Å². The molecule has 0 aliphatic heterocycles. The summed E-state index contributed by atoms with van der Waals surface area (Å²) in [7, 11) is 5.58. The molecule has 0 aromatic carbocycles. The second-order valence-corrected chi connectivity index (χ2v) is 4.38. The molecule has 0 radical (unpaired) electrons. The van der Waals surface area contributed by atoms with Crippen molar-refractivity contribution in [3.8, 4) is 6.01 Å². The van der Waals surface area contributed by atoms with Crippen LogP contribution in [-0.4, -0.2) is 60.7 Å². The predicted octanol–water partition coefficient (Wildman–Crippen LogP) is -0.0562. The Morgan fingerprint density at radius 3 is 2.42 bits per heavy atom. The fourth-order valence-corrected chi connectivity index (χ4v) is 1.55. The molecule has 8 heteroatoms. The first-order valence-electron chi connectivity index (χ1n) is 6.27. The average molecular weight is 269 g/mol. The molecule has 0 atom stereocenters. The lowest BCUT2D eigenvalue weighted by Gasteiger charge is -2.24. The van der Waals surface area contributed by atoms with Gasteiger partial charge in [0.25, 0.3) is 0 Å². The second-order valence-electron chi connectivity index (χ2n) is 4.38. The summed E-state index contributed by atoms with van der Waals surface area (Å²) >= 11 is 0. The number of hydrazine groups is 1. The van der Waals surface area contributed by atoms with Crippen molar-refractivity contribution in [2.45, 2.75) is 13.3 Å². The van der Waals surface area contributed by atoms with Crippen molar-refractivity contribution in [3.05, 3.63) is 0 Å². The number of likely N-dealkylation sites (N-methyl/N-ethyl adjacent to an activating group) is 1. The van der Waals surface area contributed by atoms with Gasteiger partial charge in [0.2, 0.25) is 11.9 Å². The minimum absolute atomic E-state index is 0.254. The van der Waals surface area contributed by atoms with Crippen molar-refractivity contribution in [2.24, 2.45) is 5.84 Å². The summed E-state index contributed by atoms with van der Waals surface area (Å²) in [6.45, 7) is 4.73. The highest BCUT2D eigenvalue weighted by Gasteiger charge is 2.13. The summed E-state index contributed by atoms with van der Waals surface area (Å²) in [5.74, 6) is 6.23. The molecule has 108 valence electrons. The number of methoxy groups -OCH3 is 1. The van der Waals surface area contributed by atoms with Gasteiger partial charge in [-0.15, -0.1) is 0 Å². The largest absolute Gasteiger partial charge is 0.467 e. The minimum Gasteiger partial charge on any atom is -0.467 e. The number of hydrogen-bond acceptors (Lipinski definition) is 8. The van der Waals surface area contributed by atoms with Crippen molar-refractivity contribution in [1.82, 2.24) is 19.9 Å². The predicted molar refractivity (Wildman–Crippen MR) is 75.2 cm³/mol. The van der Waals surface area contributed by atoms with Crippen molar-refractivity contribution in [1.29, 1.82) is 0 Å².